The maximum Gasteiger partial charge on any atom is 0.193 e. The minimum absolute atomic E-state index is 0.0432. The molecule has 2 rings (SSSR count). The van der Waals surface area contributed by atoms with Gasteiger partial charge in [0.1, 0.15) is 12.2 Å². The molecule has 0 aliphatic carbocycles. The van der Waals surface area contributed by atoms with Crippen molar-refractivity contribution in [3.8, 4) is 0 Å². The van der Waals surface area contributed by atoms with Gasteiger partial charge in [0.2, 0.25) is 0 Å². The van der Waals surface area contributed by atoms with E-state index in [0.29, 0.717) is 6.61 Å². The lowest BCUT2D eigenvalue weighted by atomic mass is 10.1. The van der Waals surface area contributed by atoms with Crippen LogP contribution >= 0.6 is 0 Å². The summed E-state index contributed by atoms with van der Waals surface area (Å²) in [5.74, 6) is -0.530. The van der Waals surface area contributed by atoms with Crippen LogP contribution in [0.3, 0.4) is 0 Å². The van der Waals surface area contributed by atoms with Crippen LogP contribution in [0.15, 0.2) is 12.3 Å². The van der Waals surface area contributed by atoms with Gasteiger partial charge in [-0.05, 0) is 38.1 Å². The van der Waals surface area contributed by atoms with E-state index in [1.807, 2.05) is 19.9 Å². The molecule has 2 aliphatic heterocycles. The van der Waals surface area contributed by atoms with Gasteiger partial charge < -0.3 is 18.6 Å². The zero-order chi connectivity index (χ0) is 15.2. The van der Waals surface area contributed by atoms with Gasteiger partial charge in [-0.1, -0.05) is 20.8 Å². The molecule has 4 nitrogen and oxygen atoms in total. The number of ether oxygens (including phenoxy) is 3. The summed E-state index contributed by atoms with van der Waals surface area (Å²) in [5.41, 5.74) is 0. The van der Waals surface area contributed by atoms with Gasteiger partial charge >= 0.3 is 0 Å². The summed E-state index contributed by atoms with van der Waals surface area (Å²) in [6, 6.07) is 0. The van der Waals surface area contributed by atoms with Crippen LogP contribution in [0.1, 0.15) is 34.6 Å². The highest BCUT2D eigenvalue weighted by molar-refractivity contribution is 6.74. The minimum Gasteiger partial charge on any atom is -0.492 e. The van der Waals surface area contributed by atoms with Crippen LogP contribution in [0.2, 0.25) is 18.1 Å². The fourth-order valence-electron chi connectivity index (χ4n) is 2.20. The third kappa shape index (κ3) is 3.27. The Bertz CT molecular complexity index is 384. The Morgan fingerprint density at radius 2 is 1.90 bits per heavy atom. The molecule has 0 unspecified atom stereocenters. The molecule has 116 valence electrons. The lowest BCUT2D eigenvalue weighted by molar-refractivity contribution is -0.155. The summed E-state index contributed by atoms with van der Waals surface area (Å²) in [6.07, 6.45) is 3.51. The Kier molecular flexibility index (Phi) is 4.10. The van der Waals surface area contributed by atoms with Crippen LogP contribution < -0.4 is 0 Å². The first-order valence-electron chi connectivity index (χ1n) is 7.34. The van der Waals surface area contributed by atoms with Crippen LogP contribution in [0.5, 0.6) is 0 Å². The number of rotatable bonds is 3. The molecule has 1 saturated heterocycles. The van der Waals surface area contributed by atoms with Crippen molar-refractivity contribution in [3.63, 3.8) is 0 Å². The second-order valence-corrected chi connectivity index (χ2v) is 12.4. The molecule has 1 fully saturated rings. The van der Waals surface area contributed by atoms with E-state index in [0.717, 1.165) is 0 Å². The van der Waals surface area contributed by atoms with E-state index in [-0.39, 0.29) is 23.4 Å². The van der Waals surface area contributed by atoms with Gasteiger partial charge in [0, 0.05) is 0 Å². The van der Waals surface area contributed by atoms with Crippen molar-refractivity contribution in [2.45, 2.75) is 76.8 Å². The van der Waals surface area contributed by atoms with Gasteiger partial charge in [-0.15, -0.1) is 0 Å². The standard InChI is InChI=1S/C15H28O4Si/c1-14(2,3)20(6,7)19-11-8-9-16-13(11)12-10-17-15(4,5)18-12/h8-9,11-13H,10H2,1-7H3/t11-,12-,13+/m1/s1. The van der Waals surface area contributed by atoms with E-state index >= 15 is 0 Å². The Morgan fingerprint density at radius 3 is 2.40 bits per heavy atom. The zero-order valence-corrected chi connectivity index (χ0v) is 14.7. The quantitative estimate of drug-likeness (QED) is 0.748. The summed E-state index contributed by atoms with van der Waals surface area (Å²) in [6.45, 7) is 15.7. The van der Waals surface area contributed by atoms with Crippen LogP contribution in [0.25, 0.3) is 0 Å². The predicted octanol–water partition coefficient (Wildman–Crippen LogP) is 3.44. The lowest BCUT2D eigenvalue weighted by Crippen LogP contribution is -2.48. The highest BCUT2D eigenvalue weighted by Crippen LogP contribution is 2.39. The maximum atomic E-state index is 6.45. The molecular formula is C15H28O4Si. The first-order valence-corrected chi connectivity index (χ1v) is 10.2. The van der Waals surface area contributed by atoms with E-state index in [1.54, 1.807) is 6.26 Å². The third-order valence-corrected chi connectivity index (χ3v) is 8.94. The van der Waals surface area contributed by atoms with Gasteiger partial charge in [-0.2, -0.15) is 0 Å². The van der Waals surface area contributed by atoms with Crippen molar-refractivity contribution in [1.29, 1.82) is 0 Å². The van der Waals surface area contributed by atoms with E-state index in [9.17, 15) is 0 Å². The van der Waals surface area contributed by atoms with Crippen LogP contribution in [0.4, 0.5) is 0 Å². The highest BCUT2D eigenvalue weighted by Gasteiger charge is 2.46. The monoisotopic (exact) mass is 300 g/mol. The lowest BCUT2D eigenvalue weighted by Gasteiger charge is -2.39. The molecule has 0 bridgehead atoms. The molecule has 5 heteroatoms. The van der Waals surface area contributed by atoms with Crippen molar-refractivity contribution in [1.82, 2.24) is 0 Å². The highest BCUT2D eigenvalue weighted by atomic mass is 28.4. The van der Waals surface area contributed by atoms with Crippen molar-refractivity contribution in [2.75, 3.05) is 6.61 Å². The summed E-state index contributed by atoms with van der Waals surface area (Å²) >= 11 is 0. The van der Waals surface area contributed by atoms with Gasteiger partial charge in [0.25, 0.3) is 0 Å². The van der Waals surface area contributed by atoms with Crippen molar-refractivity contribution >= 4 is 8.32 Å². The molecule has 0 aromatic rings. The predicted molar refractivity (Wildman–Crippen MR) is 81.0 cm³/mol. The molecule has 0 saturated carbocycles. The molecule has 2 aliphatic rings. The summed E-state index contributed by atoms with van der Waals surface area (Å²) in [7, 11) is -1.83. The van der Waals surface area contributed by atoms with Crippen LogP contribution in [-0.2, 0) is 18.6 Å². The number of hydrogen-bond donors (Lipinski definition) is 0. The van der Waals surface area contributed by atoms with Crippen molar-refractivity contribution in [3.05, 3.63) is 12.3 Å². The molecule has 0 spiro atoms. The Labute approximate surface area is 123 Å². The SMILES string of the molecule is CC1(C)OC[C@H]([C@H]2OC=C[C@H]2O[Si](C)(C)C(C)(C)C)O1. The normalized spacial score (nSPS) is 33.5. The average Bonchev–Trinajstić information content (AvgIpc) is 2.82. The zero-order valence-electron chi connectivity index (χ0n) is 13.7. The van der Waals surface area contributed by atoms with E-state index in [2.05, 4.69) is 33.9 Å². The molecule has 0 aromatic carbocycles. The second-order valence-electron chi connectivity index (χ2n) is 7.64. The van der Waals surface area contributed by atoms with E-state index in [4.69, 9.17) is 18.6 Å². The molecule has 20 heavy (non-hydrogen) atoms. The minimum atomic E-state index is -1.83. The first-order chi connectivity index (χ1) is 9.02. The first kappa shape index (κ1) is 16.0. The molecule has 0 N–H and O–H groups in total. The van der Waals surface area contributed by atoms with Crippen molar-refractivity contribution in [2.24, 2.45) is 0 Å². The Morgan fingerprint density at radius 1 is 1.25 bits per heavy atom. The fourth-order valence-corrected chi connectivity index (χ4v) is 3.45. The summed E-state index contributed by atoms with van der Waals surface area (Å²) < 4.78 is 23.7. The van der Waals surface area contributed by atoms with Crippen LogP contribution in [0, 0.1) is 0 Å². The topological polar surface area (TPSA) is 36.9 Å². The van der Waals surface area contributed by atoms with Crippen molar-refractivity contribution < 1.29 is 18.6 Å². The smallest absolute Gasteiger partial charge is 0.193 e. The fraction of sp³-hybridized carbons (Fsp3) is 0.867. The second kappa shape index (κ2) is 5.12. The molecule has 2 heterocycles. The largest absolute Gasteiger partial charge is 0.492 e. The van der Waals surface area contributed by atoms with Crippen LogP contribution in [-0.4, -0.2) is 39.0 Å². The molecule has 0 amide bonds. The Hall–Kier alpha value is -0.363. The summed E-state index contributed by atoms with van der Waals surface area (Å²) in [4.78, 5) is 0. The van der Waals surface area contributed by atoms with E-state index in [1.165, 1.54) is 0 Å². The van der Waals surface area contributed by atoms with Gasteiger partial charge in [-0.3, -0.25) is 0 Å². The van der Waals surface area contributed by atoms with Gasteiger partial charge in [0.05, 0.1) is 12.9 Å². The molecular weight excluding hydrogens is 272 g/mol. The molecule has 0 radical (unpaired) electrons. The maximum absolute atomic E-state index is 6.45. The van der Waals surface area contributed by atoms with Gasteiger partial charge in [0.15, 0.2) is 20.2 Å². The summed E-state index contributed by atoms with van der Waals surface area (Å²) in [5, 5.41) is 0.181. The third-order valence-electron chi connectivity index (χ3n) is 4.46. The average molecular weight is 300 g/mol. The van der Waals surface area contributed by atoms with E-state index < -0.39 is 14.1 Å². The Balaban J connectivity index is 2.03. The van der Waals surface area contributed by atoms with Gasteiger partial charge in [-0.25, -0.2) is 0 Å². The number of hydrogen-bond acceptors (Lipinski definition) is 4. The molecule has 0 aromatic heterocycles. The molecule has 3 atom stereocenters.